The Kier molecular flexibility index (Phi) is 3.26. The largest absolute Gasteiger partial charge is 0.493 e. The highest BCUT2D eigenvalue weighted by Crippen LogP contribution is 2.35. The van der Waals surface area contributed by atoms with Gasteiger partial charge < -0.3 is 15.2 Å². The lowest BCUT2D eigenvalue weighted by Gasteiger charge is -2.11. The van der Waals surface area contributed by atoms with Crippen LogP contribution in [-0.2, 0) is 7.05 Å². The van der Waals surface area contributed by atoms with Crippen LogP contribution in [0.3, 0.4) is 0 Å². The maximum Gasteiger partial charge on any atom is 0.161 e. The van der Waals surface area contributed by atoms with Gasteiger partial charge >= 0.3 is 0 Å². The number of nitrogens with zero attached hydrogens (tertiary/aromatic N) is 2. The third-order valence-electron chi connectivity index (χ3n) is 3.55. The first-order valence-corrected chi connectivity index (χ1v) is 6.78. The maximum atomic E-state index is 5.86. The van der Waals surface area contributed by atoms with E-state index in [-0.39, 0.29) is 0 Å². The van der Waals surface area contributed by atoms with Crippen LogP contribution in [0.15, 0.2) is 24.3 Å². The summed E-state index contributed by atoms with van der Waals surface area (Å²) in [6, 6.07) is 7.68. The van der Waals surface area contributed by atoms with Gasteiger partial charge in [0.25, 0.3) is 0 Å². The number of anilines is 1. The average Bonchev–Trinajstić information content (AvgIpc) is 3.22. The summed E-state index contributed by atoms with van der Waals surface area (Å²) in [4.78, 5) is 0. The van der Waals surface area contributed by atoms with E-state index < -0.39 is 0 Å². The van der Waals surface area contributed by atoms with E-state index in [1.807, 2.05) is 31.3 Å². The van der Waals surface area contributed by atoms with E-state index >= 15 is 0 Å². The van der Waals surface area contributed by atoms with Crippen LogP contribution in [-0.4, -0.2) is 23.5 Å². The van der Waals surface area contributed by atoms with Gasteiger partial charge in [-0.25, -0.2) is 0 Å². The van der Waals surface area contributed by atoms with Crippen molar-refractivity contribution in [3.8, 4) is 22.8 Å². The molecule has 1 aliphatic carbocycles. The highest BCUT2D eigenvalue weighted by Gasteiger charge is 2.22. The fraction of sp³-hybridized carbons (Fsp3) is 0.400. The molecule has 1 aliphatic rings. The minimum atomic E-state index is 0.635. The van der Waals surface area contributed by atoms with Crippen LogP contribution < -0.4 is 15.2 Å². The minimum absolute atomic E-state index is 0.635. The summed E-state index contributed by atoms with van der Waals surface area (Å²) in [6.45, 7) is 0.754. The molecule has 0 saturated heterocycles. The number of benzene rings is 1. The molecule has 1 aromatic heterocycles. The normalized spacial score (nSPS) is 14.3. The highest BCUT2D eigenvalue weighted by atomic mass is 16.5. The molecule has 1 aromatic carbocycles. The zero-order valence-corrected chi connectivity index (χ0v) is 11.8. The van der Waals surface area contributed by atoms with Crippen LogP contribution in [0.2, 0.25) is 0 Å². The van der Waals surface area contributed by atoms with Crippen molar-refractivity contribution in [2.24, 2.45) is 13.0 Å². The minimum Gasteiger partial charge on any atom is -0.493 e. The fourth-order valence-electron chi connectivity index (χ4n) is 2.06. The number of hydrogen-bond acceptors (Lipinski definition) is 4. The molecule has 2 aromatic rings. The Morgan fingerprint density at radius 3 is 2.70 bits per heavy atom. The second-order valence-electron chi connectivity index (χ2n) is 5.20. The Hall–Kier alpha value is -2.17. The molecule has 5 nitrogen and oxygen atoms in total. The van der Waals surface area contributed by atoms with Gasteiger partial charge in [0, 0.05) is 18.7 Å². The number of aryl methyl sites for hydroxylation is 1. The third kappa shape index (κ3) is 2.57. The van der Waals surface area contributed by atoms with Crippen molar-refractivity contribution in [3.05, 3.63) is 24.3 Å². The standard InChI is InChI=1S/C15H19N3O2/c1-18-15(16)8-12(17-18)11-5-6-13(19-2)14(7-11)20-9-10-3-4-10/h5-8,10H,3-4,9,16H2,1-2H3. The Morgan fingerprint density at radius 2 is 2.10 bits per heavy atom. The van der Waals surface area contributed by atoms with Gasteiger partial charge in [-0.3, -0.25) is 4.68 Å². The van der Waals surface area contributed by atoms with Crippen LogP contribution in [0.25, 0.3) is 11.3 Å². The number of aromatic nitrogens is 2. The van der Waals surface area contributed by atoms with E-state index in [2.05, 4.69) is 5.10 Å². The first-order chi connectivity index (χ1) is 9.67. The molecule has 1 heterocycles. The van der Waals surface area contributed by atoms with Crippen molar-refractivity contribution in [1.29, 1.82) is 0 Å². The lowest BCUT2D eigenvalue weighted by Crippen LogP contribution is -2.01. The summed E-state index contributed by atoms with van der Waals surface area (Å²) in [5.74, 6) is 2.85. The van der Waals surface area contributed by atoms with Crippen molar-refractivity contribution in [2.75, 3.05) is 19.5 Å². The van der Waals surface area contributed by atoms with Gasteiger partial charge in [0.1, 0.15) is 5.82 Å². The number of nitrogen functional groups attached to an aromatic ring is 1. The molecule has 0 spiro atoms. The summed E-state index contributed by atoms with van der Waals surface area (Å²) >= 11 is 0. The Balaban J connectivity index is 1.88. The van der Waals surface area contributed by atoms with Gasteiger partial charge in [0.15, 0.2) is 11.5 Å². The first kappa shape index (κ1) is 12.8. The number of nitrogens with two attached hydrogens (primary N) is 1. The SMILES string of the molecule is COc1ccc(-c2cc(N)n(C)n2)cc1OCC1CC1. The number of rotatable bonds is 5. The topological polar surface area (TPSA) is 62.3 Å². The Bertz CT molecular complexity index is 598. The molecular formula is C15H19N3O2. The van der Waals surface area contributed by atoms with E-state index in [9.17, 15) is 0 Å². The molecule has 2 N–H and O–H groups in total. The van der Waals surface area contributed by atoms with E-state index in [0.29, 0.717) is 11.7 Å². The zero-order valence-electron chi connectivity index (χ0n) is 11.8. The van der Waals surface area contributed by atoms with Crippen molar-refractivity contribution in [2.45, 2.75) is 12.8 Å². The van der Waals surface area contributed by atoms with Crippen LogP contribution in [0.4, 0.5) is 5.82 Å². The number of ether oxygens (including phenoxy) is 2. The monoisotopic (exact) mass is 273 g/mol. The predicted molar refractivity (Wildman–Crippen MR) is 77.8 cm³/mol. The van der Waals surface area contributed by atoms with E-state index in [1.165, 1.54) is 12.8 Å². The Labute approximate surface area is 118 Å². The van der Waals surface area contributed by atoms with Gasteiger partial charge in [-0.15, -0.1) is 0 Å². The van der Waals surface area contributed by atoms with Gasteiger partial charge in [0.2, 0.25) is 0 Å². The van der Waals surface area contributed by atoms with E-state index in [1.54, 1.807) is 11.8 Å². The summed E-state index contributed by atoms with van der Waals surface area (Å²) < 4.78 is 12.9. The van der Waals surface area contributed by atoms with Crippen LogP contribution >= 0.6 is 0 Å². The van der Waals surface area contributed by atoms with Crippen molar-refractivity contribution < 1.29 is 9.47 Å². The predicted octanol–water partition coefficient (Wildman–Crippen LogP) is 2.47. The van der Waals surface area contributed by atoms with Crippen LogP contribution in [0, 0.1) is 5.92 Å². The molecule has 0 atom stereocenters. The van der Waals surface area contributed by atoms with Gasteiger partial charge in [-0.05, 0) is 37.0 Å². The molecule has 106 valence electrons. The molecule has 0 unspecified atom stereocenters. The van der Waals surface area contributed by atoms with Gasteiger partial charge in [0.05, 0.1) is 19.4 Å². The van der Waals surface area contributed by atoms with Gasteiger partial charge in [-0.2, -0.15) is 5.10 Å². The zero-order chi connectivity index (χ0) is 14.1. The molecule has 0 radical (unpaired) electrons. The summed E-state index contributed by atoms with van der Waals surface area (Å²) in [7, 11) is 3.48. The van der Waals surface area contributed by atoms with Crippen molar-refractivity contribution in [3.63, 3.8) is 0 Å². The summed E-state index contributed by atoms with van der Waals surface area (Å²) in [6.07, 6.45) is 2.53. The number of methoxy groups -OCH3 is 1. The van der Waals surface area contributed by atoms with E-state index in [0.717, 1.165) is 29.4 Å². The first-order valence-electron chi connectivity index (χ1n) is 6.78. The van der Waals surface area contributed by atoms with Gasteiger partial charge in [-0.1, -0.05) is 0 Å². The summed E-state index contributed by atoms with van der Waals surface area (Å²) in [5, 5.41) is 4.38. The molecule has 0 bridgehead atoms. The lowest BCUT2D eigenvalue weighted by molar-refractivity contribution is 0.280. The van der Waals surface area contributed by atoms with Crippen molar-refractivity contribution >= 4 is 5.82 Å². The smallest absolute Gasteiger partial charge is 0.161 e. The molecule has 1 saturated carbocycles. The Morgan fingerprint density at radius 1 is 1.30 bits per heavy atom. The molecular weight excluding hydrogens is 254 g/mol. The second-order valence-corrected chi connectivity index (χ2v) is 5.20. The quantitative estimate of drug-likeness (QED) is 0.909. The highest BCUT2D eigenvalue weighted by molar-refractivity contribution is 5.66. The van der Waals surface area contributed by atoms with E-state index in [4.69, 9.17) is 15.2 Å². The fourth-order valence-corrected chi connectivity index (χ4v) is 2.06. The average molecular weight is 273 g/mol. The van der Waals surface area contributed by atoms with Crippen LogP contribution in [0.1, 0.15) is 12.8 Å². The summed E-state index contributed by atoms with van der Waals surface area (Å²) in [5.41, 5.74) is 7.64. The molecule has 5 heteroatoms. The molecule has 3 rings (SSSR count). The molecule has 20 heavy (non-hydrogen) atoms. The third-order valence-corrected chi connectivity index (χ3v) is 3.55. The second kappa shape index (κ2) is 5.07. The lowest BCUT2D eigenvalue weighted by atomic mass is 10.1. The van der Waals surface area contributed by atoms with Crippen molar-refractivity contribution in [1.82, 2.24) is 9.78 Å². The molecule has 1 fully saturated rings. The number of hydrogen-bond donors (Lipinski definition) is 1. The van der Waals surface area contributed by atoms with Crippen LogP contribution in [0.5, 0.6) is 11.5 Å². The maximum absolute atomic E-state index is 5.86. The molecule has 0 amide bonds. The molecule has 0 aliphatic heterocycles.